The number of aromatic carboxylic acids is 1. The van der Waals surface area contributed by atoms with E-state index in [1.165, 1.54) is 0 Å². The van der Waals surface area contributed by atoms with E-state index < -0.39 is 5.97 Å². The molecule has 2 aromatic heterocycles. The summed E-state index contributed by atoms with van der Waals surface area (Å²) >= 11 is 0. The lowest BCUT2D eigenvalue weighted by molar-refractivity contribution is 0.0687. The summed E-state index contributed by atoms with van der Waals surface area (Å²) in [6.07, 6.45) is 1.79. The minimum absolute atomic E-state index is 0.0345. The maximum atomic E-state index is 11.1. The number of aryl methyl sites for hydroxylation is 1. The number of aromatic nitrogens is 5. The first-order valence-electron chi connectivity index (χ1n) is 7.97. The zero-order valence-corrected chi connectivity index (χ0v) is 14.2. The van der Waals surface area contributed by atoms with E-state index >= 15 is 0 Å². The van der Waals surface area contributed by atoms with Gasteiger partial charge in [-0.2, -0.15) is 5.10 Å². The largest absolute Gasteiger partial charge is 0.476 e. The van der Waals surface area contributed by atoms with Gasteiger partial charge in [0, 0.05) is 23.6 Å². The van der Waals surface area contributed by atoms with Crippen molar-refractivity contribution in [1.82, 2.24) is 25.2 Å². The minimum Gasteiger partial charge on any atom is -0.476 e. The molecule has 0 saturated carbocycles. The highest BCUT2D eigenvalue weighted by Gasteiger charge is 2.16. The number of ether oxygens (including phenoxy) is 1. The van der Waals surface area contributed by atoms with Gasteiger partial charge in [-0.25, -0.2) is 9.89 Å². The van der Waals surface area contributed by atoms with Gasteiger partial charge in [0.15, 0.2) is 0 Å². The van der Waals surface area contributed by atoms with Crippen molar-refractivity contribution in [2.75, 3.05) is 0 Å². The lowest BCUT2D eigenvalue weighted by atomic mass is 10.1. The molecule has 0 spiro atoms. The summed E-state index contributed by atoms with van der Waals surface area (Å²) in [5.74, 6) is 5.41. The third-order valence-corrected chi connectivity index (χ3v) is 3.91. The predicted molar refractivity (Wildman–Crippen MR) is 96.6 cm³/mol. The molecule has 0 atom stereocenters. The Hall–Kier alpha value is -4.12. The average Bonchev–Trinajstić information content (AvgIpc) is 3.28. The van der Waals surface area contributed by atoms with E-state index in [0.717, 1.165) is 22.0 Å². The van der Waals surface area contributed by atoms with Crippen LogP contribution in [0.1, 0.15) is 21.6 Å². The van der Waals surface area contributed by atoms with Crippen LogP contribution >= 0.6 is 0 Å². The number of H-pyrrole nitrogens is 1. The topological polar surface area (TPSA) is 106 Å². The van der Waals surface area contributed by atoms with Gasteiger partial charge in [-0.3, -0.25) is 4.68 Å². The Kier molecular flexibility index (Phi) is 4.03. The van der Waals surface area contributed by atoms with Crippen LogP contribution in [0.2, 0.25) is 0 Å². The van der Waals surface area contributed by atoms with Crippen LogP contribution in [0, 0.1) is 11.8 Å². The van der Waals surface area contributed by atoms with Gasteiger partial charge < -0.3 is 9.84 Å². The molecule has 27 heavy (non-hydrogen) atoms. The Bertz CT molecular complexity index is 1210. The van der Waals surface area contributed by atoms with Gasteiger partial charge in [0.2, 0.25) is 5.69 Å². The second-order valence-electron chi connectivity index (χ2n) is 5.68. The van der Waals surface area contributed by atoms with Crippen molar-refractivity contribution in [3.8, 4) is 23.5 Å². The lowest BCUT2D eigenvalue weighted by Gasteiger charge is -2.03. The molecule has 2 N–H and O–H groups in total. The van der Waals surface area contributed by atoms with Crippen molar-refractivity contribution in [1.29, 1.82) is 0 Å². The number of nitrogens with one attached hydrogen (secondary N) is 1. The Morgan fingerprint density at radius 3 is 2.93 bits per heavy atom. The number of nitrogens with zero attached hydrogens (tertiary/aromatic N) is 4. The van der Waals surface area contributed by atoms with Gasteiger partial charge in [0.1, 0.15) is 5.75 Å². The maximum Gasteiger partial charge on any atom is 0.362 e. The molecule has 2 heterocycles. The number of rotatable bonds is 3. The van der Waals surface area contributed by atoms with E-state index in [2.05, 4.69) is 32.4 Å². The third-order valence-electron chi connectivity index (χ3n) is 3.91. The normalized spacial score (nSPS) is 10.4. The van der Waals surface area contributed by atoms with Gasteiger partial charge >= 0.3 is 5.97 Å². The first-order chi connectivity index (χ1) is 13.1. The van der Waals surface area contributed by atoms with Crippen LogP contribution in [0.25, 0.3) is 10.9 Å². The first kappa shape index (κ1) is 16.4. The molecule has 0 aliphatic heterocycles. The molecule has 0 aliphatic rings. The molecule has 4 aromatic rings. The summed E-state index contributed by atoms with van der Waals surface area (Å²) in [4.78, 5) is 11.1. The molecule has 0 radical (unpaired) electrons. The standard InChI is InChI=1S/C19H13N5O3/c1-24-16-7-3-5-13(15(16)11-20-24)9-8-12-4-2-6-14(10-12)27-18-17(19(25)26)21-23-22-18/h2-7,10-11H,1H3,(H,25,26)(H,21,22,23). The Morgan fingerprint density at radius 2 is 2.07 bits per heavy atom. The maximum absolute atomic E-state index is 11.1. The summed E-state index contributed by atoms with van der Waals surface area (Å²) in [6, 6.07) is 12.9. The molecule has 4 rings (SSSR count). The highest BCUT2D eigenvalue weighted by molar-refractivity contribution is 5.87. The van der Waals surface area contributed by atoms with Crippen molar-refractivity contribution < 1.29 is 14.6 Å². The fourth-order valence-electron chi connectivity index (χ4n) is 2.61. The molecule has 132 valence electrons. The summed E-state index contributed by atoms with van der Waals surface area (Å²) in [6.45, 7) is 0. The first-order valence-corrected chi connectivity index (χ1v) is 7.97. The molecular formula is C19H13N5O3. The fraction of sp³-hybridized carbons (Fsp3) is 0.0526. The summed E-state index contributed by atoms with van der Waals surface area (Å²) in [7, 11) is 1.88. The van der Waals surface area contributed by atoms with E-state index in [-0.39, 0.29) is 11.6 Å². The third kappa shape index (κ3) is 3.21. The van der Waals surface area contributed by atoms with Gasteiger partial charge in [0.25, 0.3) is 5.88 Å². The highest BCUT2D eigenvalue weighted by atomic mass is 16.5. The molecule has 0 saturated heterocycles. The van der Waals surface area contributed by atoms with Crippen molar-refractivity contribution in [2.24, 2.45) is 7.05 Å². The number of fused-ring (bicyclic) bond motifs is 1. The minimum atomic E-state index is -1.22. The SMILES string of the molecule is Cn1ncc2c(C#Cc3cccc(Oc4[nH]nnc4C(=O)O)c3)cccc21. The van der Waals surface area contributed by atoms with Crippen LogP contribution in [-0.2, 0) is 7.05 Å². The number of hydrogen-bond acceptors (Lipinski definition) is 5. The summed E-state index contributed by atoms with van der Waals surface area (Å²) < 4.78 is 7.33. The van der Waals surface area contributed by atoms with Crippen LogP contribution in [0.15, 0.2) is 48.7 Å². The Morgan fingerprint density at radius 1 is 1.22 bits per heavy atom. The molecule has 0 bridgehead atoms. The van der Waals surface area contributed by atoms with Gasteiger partial charge in [-0.05, 0) is 30.3 Å². The number of carbonyl (C=O) groups is 1. The van der Waals surface area contributed by atoms with Gasteiger partial charge in [0.05, 0.1) is 11.7 Å². The smallest absolute Gasteiger partial charge is 0.362 e. The van der Waals surface area contributed by atoms with Crippen molar-refractivity contribution >= 4 is 16.9 Å². The number of hydrogen-bond donors (Lipinski definition) is 2. The number of benzene rings is 2. The van der Waals surface area contributed by atoms with Crippen molar-refractivity contribution in [2.45, 2.75) is 0 Å². The Balaban J connectivity index is 1.63. The second kappa shape index (κ2) is 6.65. The molecule has 8 heteroatoms. The molecule has 8 nitrogen and oxygen atoms in total. The average molecular weight is 359 g/mol. The number of carboxylic acids is 1. The van der Waals surface area contributed by atoms with E-state index in [1.54, 1.807) is 29.1 Å². The Labute approximate surface area is 153 Å². The molecule has 0 amide bonds. The fourth-order valence-corrected chi connectivity index (χ4v) is 2.61. The van der Waals surface area contributed by atoms with Gasteiger partial charge in [-0.15, -0.1) is 5.10 Å². The molecule has 2 aromatic carbocycles. The van der Waals surface area contributed by atoms with Crippen LogP contribution < -0.4 is 4.74 Å². The van der Waals surface area contributed by atoms with Crippen molar-refractivity contribution in [3.05, 3.63) is 65.5 Å². The van der Waals surface area contributed by atoms with Crippen LogP contribution in [0.5, 0.6) is 11.6 Å². The zero-order valence-electron chi connectivity index (χ0n) is 14.2. The van der Waals surface area contributed by atoms with E-state index in [4.69, 9.17) is 9.84 Å². The number of carboxylic acid groups (broad SMARTS) is 1. The van der Waals surface area contributed by atoms with Crippen molar-refractivity contribution in [3.63, 3.8) is 0 Å². The van der Waals surface area contributed by atoms with Crippen LogP contribution in [0.4, 0.5) is 0 Å². The zero-order chi connectivity index (χ0) is 18.8. The highest BCUT2D eigenvalue weighted by Crippen LogP contribution is 2.22. The molecule has 0 unspecified atom stereocenters. The van der Waals surface area contributed by atoms with Crippen LogP contribution in [-0.4, -0.2) is 36.3 Å². The molecule has 0 aliphatic carbocycles. The predicted octanol–water partition coefficient (Wildman–Crippen LogP) is 2.58. The second-order valence-corrected chi connectivity index (χ2v) is 5.68. The van der Waals surface area contributed by atoms with E-state index in [1.807, 2.05) is 31.3 Å². The van der Waals surface area contributed by atoms with Gasteiger partial charge in [-0.1, -0.05) is 29.2 Å². The summed E-state index contributed by atoms with van der Waals surface area (Å²) in [5, 5.41) is 23.6. The molecule has 0 fully saturated rings. The van der Waals surface area contributed by atoms with E-state index in [0.29, 0.717) is 5.75 Å². The van der Waals surface area contributed by atoms with E-state index in [9.17, 15) is 4.79 Å². The van der Waals surface area contributed by atoms with Crippen LogP contribution in [0.3, 0.4) is 0 Å². The monoisotopic (exact) mass is 359 g/mol. The summed E-state index contributed by atoms with van der Waals surface area (Å²) in [5.41, 5.74) is 2.32. The lowest BCUT2D eigenvalue weighted by Crippen LogP contribution is -1.99. The quantitative estimate of drug-likeness (QED) is 0.545. The number of aromatic amines is 1. The molecular weight excluding hydrogens is 346 g/mol.